The van der Waals surface area contributed by atoms with Gasteiger partial charge in [0.05, 0.1) is 6.26 Å². The molecule has 0 unspecified atom stereocenters. The number of carbonyl (C=O) groups is 1. The van der Waals surface area contributed by atoms with Gasteiger partial charge in [-0.1, -0.05) is 23.7 Å². The number of benzene rings is 1. The number of halogens is 1. The molecule has 1 fully saturated rings. The van der Waals surface area contributed by atoms with Crippen LogP contribution in [0.15, 0.2) is 24.3 Å². The largest absolute Gasteiger partial charge is 0.341 e. The number of hydrogen-bond acceptors (Lipinski definition) is 3. The predicted octanol–water partition coefficient (Wildman–Crippen LogP) is 1.97. The Morgan fingerprint density at radius 1 is 1.36 bits per heavy atom. The zero-order valence-corrected chi connectivity index (χ0v) is 14.4. The highest BCUT2D eigenvalue weighted by molar-refractivity contribution is 7.88. The van der Waals surface area contributed by atoms with Crippen molar-refractivity contribution in [3.8, 4) is 0 Å². The molecule has 1 aromatic rings. The van der Waals surface area contributed by atoms with E-state index in [1.165, 1.54) is 10.6 Å². The van der Waals surface area contributed by atoms with Gasteiger partial charge in [-0.2, -0.15) is 0 Å². The molecule has 1 aliphatic heterocycles. The lowest BCUT2D eigenvalue weighted by molar-refractivity contribution is -0.135. The molecular weight excluding hydrogens is 324 g/mol. The Kier molecular flexibility index (Phi) is 5.47. The van der Waals surface area contributed by atoms with Crippen molar-refractivity contribution in [1.82, 2.24) is 9.21 Å². The fourth-order valence-corrected chi connectivity index (χ4v) is 3.82. The summed E-state index contributed by atoms with van der Waals surface area (Å²) in [4.78, 5) is 14.2. The SMILES string of the molecule is CN(Cc1cccc(Cl)c1)C(=O)C1CCN(S(C)(=O)=O)CC1. The van der Waals surface area contributed by atoms with E-state index in [1.807, 2.05) is 18.2 Å². The van der Waals surface area contributed by atoms with E-state index in [9.17, 15) is 13.2 Å². The van der Waals surface area contributed by atoms with Crippen molar-refractivity contribution >= 4 is 27.5 Å². The molecule has 1 aliphatic rings. The average molecular weight is 345 g/mol. The summed E-state index contributed by atoms with van der Waals surface area (Å²) in [7, 11) is -1.38. The molecule has 5 nitrogen and oxygen atoms in total. The lowest BCUT2D eigenvalue weighted by atomic mass is 9.96. The molecule has 122 valence electrons. The van der Waals surface area contributed by atoms with E-state index < -0.39 is 10.0 Å². The molecule has 0 radical (unpaired) electrons. The molecule has 1 aromatic carbocycles. The molecular formula is C15H21ClN2O3S. The highest BCUT2D eigenvalue weighted by Gasteiger charge is 2.30. The Morgan fingerprint density at radius 2 is 2.00 bits per heavy atom. The van der Waals surface area contributed by atoms with Gasteiger partial charge in [-0.05, 0) is 30.5 Å². The summed E-state index contributed by atoms with van der Waals surface area (Å²) in [6, 6.07) is 7.44. The third kappa shape index (κ3) is 4.44. The second kappa shape index (κ2) is 6.98. The monoisotopic (exact) mass is 344 g/mol. The summed E-state index contributed by atoms with van der Waals surface area (Å²) in [6.07, 6.45) is 2.36. The lowest BCUT2D eigenvalue weighted by Gasteiger charge is -2.31. The summed E-state index contributed by atoms with van der Waals surface area (Å²) in [5, 5.41) is 0.653. The molecule has 0 aliphatic carbocycles. The van der Waals surface area contributed by atoms with Crippen molar-refractivity contribution < 1.29 is 13.2 Å². The Hall–Kier alpha value is -1.11. The highest BCUT2D eigenvalue weighted by atomic mass is 35.5. The fourth-order valence-electron chi connectivity index (χ4n) is 2.73. The molecule has 0 aromatic heterocycles. The van der Waals surface area contributed by atoms with Crippen molar-refractivity contribution in [2.45, 2.75) is 19.4 Å². The second-order valence-electron chi connectivity index (χ2n) is 5.76. The van der Waals surface area contributed by atoms with Crippen LogP contribution in [0.5, 0.6) is 0 Å². The Balaban J connectivity index is 1.92. The van der Waals surface area contributed by atoms with Crippen LogP contribution >= 0.6 is 11.6 Å². The number of carbonyl (C=O) groups excluding carboxylic acids is 1. The topological polar surface area (TPSA) is 57.7 Å². The number of rotatable bonds is 4. The third-order valence-electron chi connectivity index (χ3n) is 3.96. The Morgan fingerprint density at radius 3 is 2.55 bits per heavy atom. The molecule has 2 rings (SSSR count). The van der Waals surface area contributed by atoms with Gasteiger partial charge in [0, 0.05) is 37.6 Å². The number of hydrogen-bond donors (Lipinski definition) is 0. The molecule has 0 atom stereocenters. The first-order valence-electron chi connectivity index (χ1n) is 7.22. The van der Waals surface area contributed by atoms with Gasteiger partial charge < -0.3 is 4.90 Å². The van der Waals surface area contributed by atoms with E-state index in [0.717, 1.165) is 5.56 Å². The van der Waals surface area contributed by atoms with Crippen molar-refractivity contribution in [3.05, 3.63) is 34.9 Å². The highest BCUT2D eigenvalue weighted by Crippen LogP contribution is 2.22. The first-order chi connectivity index (χ1) is 10.3. The maximum absolute atomic E-state index is 12.5. The van der Waals surface area contributed by atoms with Gasteiger partial charge in [0.15, 0.2) is 0 Å². The zero-order chi connectivity index (χ0) is 16.3. The van der Waals surface area contributed by atoms with E-state index in [4.69, 9.17) is 11.6 Å². The van der Waals surface area contributed by atoms with Crippen LogP contribution in [0.3, 0.4) is 0 Å². The van der Waals surface area contributed by atoms with Gasteiger partial charge in [-0.3, -0.25) is 4.79 Å². The van der Waals surface area contributed by atoms with Crippen LogP contribution in [0.2, 0.25) is 5.02 Å². The van der Waals surface area contributed by atoms with Crippen LogP contribution < -0.4 is 0 Å². The minimum atomic E-state index is -3.15. The molecule has 1 saturated heterocycles. The van der Waals surface area contributed by atoms with Crippen LogP contribution in [-0.2, 0) is 21.4 Å². The van der Waals surface area contributed by atoms with Crippen LogP contribution in [0.25, 0.3) is 0 Å². The zero-order valence-electron chi connectivity index (χ0n) is 12.8. The summed E-state index contributed by atoms with van der Waals surface area (Å²) < 4.78 is 24.4. The summed E-state index contributed by atoms with van der Waals surface area (Å²) in [5.74, 6) is -0.0460. The molecule has 0 spiro atoms. The first-order valence-corrected chi connectivity index (χ1v) is 9.44. The maximum atomic E-state index is 12.5. The lowest BCUT2D eigenvalue weighted by Crippen LogP contribution is -2.42. The molecule has 1 heterocycles. The molecule has 7 heteroatoms. The Bertz CT molecular complexity index is 640. The van der Waals surface area contributed by atoms with E-state index in [2.05, 4.69) is 0 Å². The minimum absolute atomic E-state index is 0.0631. The van der Waals surface area contributed by atoms with Gasteiger partial charge in [0.1, 0.15) is 0 Å². The Labute approximate surface area is 136 Å². The second-order valence-corrected chi connectivity index (χ2v) is 8.18. The molecule has 1 amide bonds. The minimum Gasteiger partial charge on any atom is -0.341 e. The number of amides is 1. The maximum Gasteiger partial charge on any atom is 0.225 e. The summed E-state index contributed by atoms with van der Waals surface area (Å²) in [5.41, 5.74) is 0.983. The van der Waals surface area contributed by atoms with Gasteiger partial charge in [0.2, 0.25) is 15.9 Å². The van der Waals surface area contributed by atoms with Crippen LogP contribution in [0, 0.1) is 5.92 Å². The van der Waals surface area contributed by atoms with E-state index in [0.29, 0.717) is 37.5 Å². The predicted molar refractivity (Wildman–Crippen MR) is 87.1 cm³/mol. The summed E-state index contributed by atoms with van der Waals surface area (Å²) in [6.45, 7) is 1.34. The van der Waals surface area contributed by atoms with Crippen LogP contribution in [0.4, 0.5) is 0 Å². The van der Waals surface area contributed by atoms with Crippen molar-refractivity contribution in [3.63, 3.8) is 0 Å². The van der Waals surface area contributed by atoms with Crippen molar-refractivity contribution in [2.75, 3.05) is 26.4 Å². The number of piperidine rings is 1. The first kappa shape index (κ1) is 17.2. The average Bonchev–Trinajstić information content (AvgIpc) is 2.45. The van der Waals surface area contributed by atoms with Crippen LogP contribution in [0.1, 0.15) is 18.4 Å². The van der Waals surface area contributed by atoms with Gasteiger partial charge in [0.25, 0.3) is 0 Å². The van der Waals surface area contributed by atoms with E-state index in [-0.39, 0.29) is 11.8 Å². The molecule has 22 heavy (non-hydrogen) atoms. The van der Waals surface area contributed by atoms with Gasteiger partial charge in [-0.25, -0.2) is 12.7 Å². The molecule has 0 saturated carbocycles. The van der Waals surface area contributed by atoms with Crippen LogP contribution in [-0.4, -0.2) is 49.9 Å². The van der Waals surface area contributed by atoms with E-state index >= 15 is 0 Å². The van der Waals surface area contributed by atoms with Crippen molar-refractivity contribution in [1.29, 1.82) is 0 Å². The molecule has 0 bridgehead atoms. The fraction of sp³-hybridized carbons (Fsp3) is 0.533. The van der Waals surface area contributed by atoms with E-state index in [1.54, 1.807) is 18.0 Å². The summed E-state index contributed by atoms with van der Waals surface area (Å²) >= 11 is 5.95. The third-order valence-corrected chi connectivity index (χ3v) is 5.50. The number of nitrogens with zero attached hydrogens (tertiary/aromatic N) is 2. The number of sulfonamides is 1. The molecule has 0 N–H and O–H groups in total. The van der Waals surface area contributed by atoms with Gasteiger partial charge in [-0.15, -0.1) is 0 Å². The van der Waals surface area contributed by atoms with Crippen molar-refractivity contribution in [2.24, 2.45) is 5.92 Å². The van der Waals surface area contributed by atoms with Gasteiger partial charge >= 0.3 is 0 Å². The quantitative estimate of drug-likeness (QED) is 0.839. The smallest absolute Gasteiger partial charge is 0.225 e. The standard InChI is InChI=1S/C15H21ClN2O3S/c1-17(11-12-4-3-5-14(16)10-12)15(19)13-6-8-18(9-7-13)22(2,20)21/h3-5,10,13H,6-9,11H2,1-2H3. The normalized spacial score (nSPS) is 17.4.